The zero-order valence-electron chi connectivity index (χ0n) is 21.1. The van der Waals surface area contributed by atoms with Crippen LogP contribution in [0.4, 0.5) is 0 Å². The highest BCUT2D eigenvalue weighted by atomic mass is 16.3. The molecule has 0 aliphatic heterocycles. The van der Waals surface area contributed by atoms with Crippen molar-refractivity contribution in [2.45, 2.75) is 117 Å². The largest absolute Gasteiger partial charge is 0.393 e. The van der Waals surface area contributed by atoms with E-state index < -0.39 is 5.60 Å². The van der Waals surface area contributed by atoms with Gasteiger partial charge in [-0.15, -0.1) is 0 Å². The lowest BCUT2D eigenvalue weighted by molar-refractivity contribution is -0.133. The Morgan fingerprint density at radius 2 is 1.65 bits per heavy atom. The Morgan fingerprint density at radius 1 is 0.935 bits per heavy atom. The van der Waals surface area contributed by atoms with Crippen LogP contribution in [0.15, 0.2) is 12.2 Å². The van der Waals surface area contributed by atoms with Gasteiger partial charge >= 0.3 is 0 Å². The highest BCUT2D eigenvalue weighted by Gasteiger charge is 2.80. The van der Waals surface area contributed by atoms with Crippen molar-refractivity contribution in [3.63, 3.8) is 0 Å². The summed E-state index contributed by atoms with van der Waals surface area (Å²) in [7, 11) is 0. The van der Waals surface area contributed by atoms with Crippen molar-refractivity contribution in [1.29, 1.82) is 0 Å². The van der Waals surface area contributed by atoms with Gasteiger partial charge in [-0.05, 0) is 129 Å². The second-order valence-corrected chi connectivity index (χ2v) is 14.2. The Kier molecular flexibility index (Phi) is 4.96. The molecule has 0 saturated heterocycles. The van der Waals surface area contributed by atoms with Crippen molar-refractivity contribution in [3.05, 3.63) is 12.2 Å². The minimum atomic E-state index is -0.695. The maximum Gasteiger partial charge on any atom is 0.0771 e. The molecule has 2 N–H and O–H groups in total. The third-order valence-electron chi connectivity index (χ3n) is 12.1. The molecule has 5 rings (SSSR count). The van der Waals surface area contributed by atoms with Crippen LogP contribution in [0.1, 0.15) is 106 Å². The van der Waals surface area contributed by atoms with E-state index in [-0.39, 0.29) is 11.5 Å². The van der Waals surface area contributed by atoms with Crippen LogP contribution in [0.2, 0.25) is 0 Å². The third kappa shape index (κ3) is 3.02. The predicted molar refractivity (Wildman–Crippen MR) is 127 cm³/mol. The molecule has 2 heteroatoms. The molecule has 2 nitrogen and oxygen atoms in total. The number of allylic oxidation sites excluding steroid dienone is 1. The van der Waals surface area contributed by atoms with Crippen molar-refractivity contribution in [1.82, 2.24) is 0 Å². The van der Waals surface area contributed by atoms with Gasteiger partial charge in [-0.2, -0.15) is 0 Å². The van der Waals surface area contributed by atoms with Crippen LogP contribution in [0, 0.1) is 51.2 Å². The topological polar surface area (TPSA) is 40.5 Å². The maximum atomic E-state index is 10.8. The summed E-state index contributed by atoms with van der Waals surface area (Å²) in [5.41, 5.74) is 1.11. The zero-order valence-corrected chi connectivity index (χ0v) is 21.1. The average molecular weight is 429 g/mol. The summed E-state index contributed by atoms with van der Waals surface area (Å²) >= 11 is 0. The van der Waals surface area contributed by atoms with Gasteiger partial charge in [-0.3, -0.25) is 0 Å². The molecule has 5 fully saturated rings. The molecule has 0 aromatic heterocycles. The molecule has 9 unspecified atom stereocenters. The Labute approximate surface area is 191 Å². The smallest absolute Gasteiger partial charge is 0.0771 e. The van der Waals surface area contributed by atoms with Gasteiger partial charge in [0.2, 0.25) is 0 Å². The van der Waals surface area contributed by atoms with E-state index in [0.717, 1.165) is 36.5 Å². The average Bonchev–Trinajstić information content (AvgIpc) is 3.21. The normalized spacial score (nSPS) is 51.5. The van der Waals surface area contributed by atoms with Gasteiger partial charge in [-0.25, -0.2) is 0 Å². The Morgan fingerprint density at radius 3 is 2.35 bits per heavy atom. The highest BCUT2D eigenvalue weighted by Crippen LogP contribution is 2.87. The van der Waals surface area contributed by atoms with Gasteiger partial charge in [0.1, 0.15) is 0 Å². The van der Waals surface area contributed by atoms with E-state index in [2.05, 4.69) is 33.8 Å². The lowest BCUT2D eigenvalue weighted by Crippen LogP contribution is -2.54. The first-order valence-corrected chi connectivity index (χ1v) is 13.5. The van der Waals surface area contributed by atoms with E-state index in [1.165, 1.54) is 51.4 Å². The second kappa shape index (κ2) is 6.84. The van der Waals surface area contributed by atoms with Crippen LogP contribution in [-0.4, -0.2) is 21.9 Å². The van der Waals surface area contributed by atoms with Gasteiger partial charge in [0.15, 0.2) is 0 Å². The van der Waals surface area contributed by atoms with Crippen LogP contribution in [0.3, 0.4) is 0 Å². The molecule has 5 aliphatic carbocycles. The van der Waals surface area contributed by atoms with E-state index >= 15 is 0 Å². The Balaban J connectivity index is 1.35. The number of aliphatic hydroxyl groups excluding tert-OH is 1. The molecule has 176 valence electrons. The summed E-state index contributed by atoms with van der Waals surface area (Å²) in [6, 6.07) is 0. The lowest BCUT2D eigenvalue weighted by atomic mass is 9.46. The van der Waals surface area contributed by atoms with E-state index in [0.29, 0.717) is 22.2 Å². The summed E-state index contributed by atoms with van der Waals surface area (Å²) in [6.45, 7) is 13.6. The number of rotatable bonds is 4. The van der Waals surface area contributed by atoms with Gasteiger partial charge < -0.3 is 10.2 Å². The van der Waals surface area contributed by atoms with Crippen molar-refractivity contribution >= 4 is 0 Å². The summed E-state index contributed by atoms with van der Waals surface area (Å²) in [5, 5.41) is 20.8. The summed E-state index contributed by atoms with van der Waals surface area (Å²) < 4.78 is 0. The molecule has 0 bridgehead atoms. The first-order valence-electron chi connectivity index (χ1n) is 13.5. The molecule has 31 heavy (non-hydrogen) atoms. The molecule has 0 aromatic rings. The standard InChI is InChI=1S/C29H48O2/c1-19(8-7-14-25(2,3)31)20-9-10-21-22-11-12-23-26(4,5)24(30)13-15-29(23)18-28(22,29)17-16-27(20,21)6/h7,14,19-24,30-31H,8-13,15-18H2,1-6H3. The molecule has 9 atom stereocenters. The van der Waals surface area contributed by atoms with E-state index in [1.807, 2.05) is 19.9 Å². The quantitative estimate of drug-likeness (QED) is 0.486. The maximum absolute atomic E-state index is 10.8. The van der Waals surface area contributed by atoms with E-state index in [9.17, 15) is 10.2 Å². The van der Waals surface area contributed by atoms with Gasteiger partial charge in [0.05, 0.1) is 11.7 Å². The lowest BCUT2D eigenvalue weighted by Gasteiger charge is -2.59. The third-order valence-corrected chi connectivity index (χ3v) is 12.1. The van der Waals surface area contributed by atoms with Crippen molar-refractivity contribution in [2.75, 3.05) is 0 Å². The molecule has 5 aliphatic rings. The summed E-state index contributed by atoms with van der Waals surface area (Å²) in [4.78, 5) is 0. The minimum absolute atomic E-state index is 0.0974. The van der Waals surface area contributed by atoms with E-state index in [1.54, 1.807) is 0 Å². The zero-order chi connectivity index (χ0) is 22.4. The molecule has 0 radical (unpaired) electrons. The van der Waals surface area contributed by atoms with Crippen LogP contribution in [0.25, 0.3) is 0 Å². The van der Waals surface area contributed by atoms with Crippen molar-refractivity contribution in [3.8, 4) is 0 Å². The van der Waals surface area contributed by atoms with Crippen LogP contribution in [0.5, 0.6) is 0 Å². The fraction of sp³-hybridized carbons (Fsp3) is 0.931. The van der Waals surface area contributed by atoms with Crippen molar-refractivity contribution < 1.29 is 10.2 Å². The molecular formula is C29H48O2. The molecule has 5 saturated carbocycles. The fourth-order valence-corrected chi connectivity index (χ4v) is 10.6. The Hall–Kier alpha value is -0.340. The van der Waals surface area contributed by atoms with Crippen LogP contribution < -0.4 is 0 Å². The number of hydrogen-bond acceptors (Lipinski definition) is 2. The molecule has 2 spiro atoms. The fourth-order valence-electron chi connectivity index (χ4n) is 10.6. The van der Waals surface area contributed by atoms with Gasteiger partial charge in [0.25, 0.3) is 0 Å². The predicted octanol–water partition coefficient (Wildman–Crippen LogP) is 6.75. The first kappa shape index (κ1) is 22.5. The molecular weight excluding hydrogens is 380 g/mol. The molecule has 0 amide bonds. The highest BCUT2D eigenvalue weighted by molar-refractivity contribution is 5.28. The first-order chi connectivity index (χ1) is 14.4. The van der Waals surface area contributed by atoms with Gasteiger partial charge in [0, 0.05) is 0 Å². The number of fused-ring (bicyclic) bond motifs is 2. The van der Waals surface area contributed by atoms with E-state index in [4.69, 9.17) is 0 Å². The Bertz CT molecular complexity index is 746. The van der Waals surface area contributed by atoms with Crippen molar-refractivity contribution in [2.24, 2.45) is 51.2 Å². The van der Waals surface area contributed by atoms with Crippen LogP contribution in [-0.2, 0) is 0 Å². The monoisotopic (exact) mass is 428 g/mol. The summed E-state index contributed by atoms with van der Waals surface area (Å²) in [5.74, 6) is 4.14. The number of hydrogen-bond donors (Lipinski definition) is 2. The summed E-state index contributed by atoms with van der Waals surface area (Å²) in [6.07, 6.45) is 17.6. The van der Waals surface area contributed by atoms with Crippen LogP contribution >= 0.6 is 0 Å². The molecule has 0 heterocycles. The van der Waals surface area contributed by atoms with Gasteiger partial charge in [-0.1, -0.05) is 39.8 Å². The SMILES string of the molecule is CC(CC=CC(C)(C)O)C1CCC2C3CCC4C(C)(C)C(O)CCC45CC35CCC12C. The minimum Gasteiger partial charge on any atom is -0.393 e. The number of aliphatic hydroxyl groups is 2. The second-order valence-electron chi connectivity index (χ2n) is 14.2. The molecule has 0 aromatic carbocycles.